The third kappa shape index (κ3) is 2.67. The largest absolute Gasteiger partial charge is 0.507 e. The Morgan fingerprint density at radius 2 is 2.00 bits per heavy atom. The van der Waals surface area contributed by atoms with Crippen LogP contribution in [0.2, 0.25) is 0 Å². The molecule has 1 saturated heterocycles. The number of nitrogens with one attached hydrogen (secondary N) is 2. The standard InChI is InChI=1S/C16H16N2O3/c19-13-8-2-5-10-4-1-6-11(15(10)13)18-16(21)12-7-3-9-14(20)17-12/h1-2,4-6,8,12,19H,3,7,9H2,(H,17,20)(H,18,21). The number of carbonyl (C=O) groups is 2. The highest BCUT2D eigenvalue weighted by Crippen LogP contribution is 2.31. The number of amides is 2. The van der Waals surface area contributed by atoms with Crippen LogP contribution in [0.4, 0.5) is 5.69 Å². The van der Waals surface area contributed by atoms with Crippen molar-refractivity contribution in [2.45, 2.75) is 25.3 Å². The molecule has 0 aliphatic carbocycles. The molecule has 21 heavy (non-hydrogen) atoms. The Hall–Kier alpha value is -2.56. The lowest BCUT2D eigenvalue weighted by Crippen LogP contribution is -2.46. The van der Waals surface area contributed by atoms with Gasteiger partial charge in [0.15, 0.2) is 0 Å². The van der Waals surface area contributed by atoms with Gasteiger partial charge >= 0.3 is 0 Å². The normalized spacial score (nSPS) is 18.3. The van der Waals surface area contributed by atoms with Gasteiger partial charge in [-0.15, -0.1) is 0 Å². The molecule has 5 nitrogen and oxygen atoms in total. The Morgan fingerprint density at radius 3 is 2.76 bits per heavy atom. The third-order valence-electron chi connectivity index (χ3n) is 3.69. The highest BCUT2D eigenvalue weighted by Gasteiger charge is 2.25. The zero-order valence-corrected chi connectivity index (χ0v) is 11.4. The van der Waals surface area contributed by atoms with Gasteiger partial charge in [0.1, 0.15) is 11.8 Å². The maximum atomic E-state index is 12.3. The molecule has 1 fully saturated rings. The smallest absolute Gasteiger partial charge is 0.246 e. The summed E-state index contributed by atoms with van der Waals surface area (Å²) in [4.78, 5) is 23.6. The molecule has 1 aliphatic heterocycles. The summed E-state index contributed by atoms with van der Waals surface area (Å²) in [5.41, 5.74) is 0.551. The number of fused-ring (bicyclic) bond motifs is 1. The van der Waals surface area contributed by atoms with E-state index in [2.05, 4.69) is 10.6 Å². The Kier molecular flexibility index (Phi) is 3.48. The monoisotopic (exact) mass is 284 g/mol. The molecule has 0 bridgehead atoms. The SMILES string of the molecule is O=C1CCCC(C(=O)Nc2cccc3cccc(O)c23)N1. The van der Waals surface area contributed by atoms with Crippen molar-refractivity contribution in [1.82, 2.24) is 5.32 Å². The summed E-state index contributed by atoms with van der Waals surface area (Å²) in [6, 6.07) is 10.1. The van der Waals surface area contributed by atoms with Crippen LogP contribution in [0.25, 0.3) is 10.8 Å². The van der Waals surface area contributed by atoms with Crippen LogP contribution in [-0.2, 0) is 9.59 Å². The first-order valence-electron chi connectivity index (χ1n) is 6.96. The number of aromatic hydroxyl groups is 1. The van der Waals surface area contributed by atoms with Gasteiger partial charge in [-0.2, -0.15) is 0 Å². The molecule has 3 rings (SSSR count). The van der Waals surface area contributed by atoms with Crippen molar-refractivity contribution in [3.05, 3.63) is 36.4 Å². The number of phenols is 1. The highest BCUT2D eigenvalue weighted by molar-refractivity contribution is 6.06. The van der Waals surface area contributed by atoms with E-state index in [0.717, 1.165) is 5.39 Å². The van der Waals surface area contributed by atoms with Crippen molar-refractivity contribution in [1.29, 1.82) is 0 Å². The van der Waals surface area contributed by atoms with Gasteiger partial charge in [0.25, 0.3) is 0 Å². The molecule has 0 saturated carbocycles. The van der Waals surface area contributed by atoms with E-state index >= 15 is 0 Å². The minimum Gasteiger partial charge on any atom is -0.507 e. The number of anilines is 1. The molecule has 108 valence electrons. The van der Waals surface area contributed by atoms with Crippen molar-refractivity contribution in [2.75, 3.05) is 5.32 Å². The average Bonchev–Trinajstić information content (AvgIpc) is 2.47. The van der Waals surface area contributed by atoms with Gasteiger partial charge in [0.05, 0.1) is 5.69 Å². The van der Waals surface area contributed by atoms with Crippen LogP contribution in [0.3, 0.4) is 0 Å². The summed E-state index contributed by atoms with van der Waals surface area (Å²) >= 11 is 0. The molecule has 5 heteroatoms. The van der Waals surface area contributed by atoms with E-state index in [1.165, 1.54) is 0 Å². The number of rotatable bonds is 2. The molecular formula is C16H16N2O3. The van der Waals surface area contributed by atoms with Gasteiger partial charge < -0.3 is 15.7 Å². The Morgan fingerprint density at radius 1 is 1.24 bits per heavy atom. The fourth-order valence-electron chi connectivity index (χ4n) is 2.65. The van der Waals surface area contributed by atoms with Gasteiger partial charge in [-0.1, -0.05) is 24.3 Å². The number of hydrogen-bond acceptors (Lipinski definition) is 3. The van der Waals surface area contributed by atoms with E-state index in [1.807, 2.05) is 18.2 Å². The van der Waals surface area contributed by atoms with E-state index in [1.54, 1.807) is 18.2 Å². The molecule has 1 atom stereocenters. The minimum absolute atomic E-state index is 0.0952. The van der Waals surface area contributed by atoms with Gasteiger partial charge in [-0.3, -0.25) is 9.59 Å². The van der Waals surface area contributed by atoms with Crippen LogP contribution < -0.4 is 10.6 Å². The van der Waals surface area contributed by atoms with E-state index in [-0.39, 0.29) is 17.6 Å². The minimum atomic E-state index is -0.507. The number of benzene rings is 2. The highest BCUT2D eigenvalue weighted by atomic mass is 16.3. The van der Waals surface area contributed by atoms with E-state index in [9.17, 15) is 14.7 Å². The molecule has 0 spiro atoms. The second-order valence-electron chi connectivity index (χ2n) is 5.18. The molecule has 1 heterocycles. The summed E-state index contributed by atoms with van der Waals surface area (Å²) in [6.45, 7) is 0. The van der Waals surface area contributed by atoms with Crippen molar-refractivity contribution in [3.63, 3.8) is 0 Å². The van der Waals surface area contributed by atoms with Crippen molar-refractivity contribution in [2.24, 2.45) is 0 Å². The van der Waals surface area contributed by atoms with Gasteiger partial charge in [-0.05, 0) is 30.4 Å². The molecule has 1 aliphatic rings. The van der Waals surface area contributed by atoms with E-state index in [4.69, 9.17) is 0 Å². The summed E-state index contributed by atoms with van der Waals surface area (Å²) in [5.74, 6) is -0.225. The van der Waals surface area contributed by atoms with E-state index < -0.39 is 6.04 Å². The summed E-state index contributed by atoms with van der Waals surface area (Å²) in [5, 5.41) is 16.9. The van der Waals surface area contributed by atoms with Gasteiger partial charge in [-0.25, -0.2) is 0 Å². The summed E-state index contributed by atoms with van der Waals surface area (Å²) < 4.78 is 0. The van der Waals surface area contributed by atoms with Crippen molar-refractivity contribution >= 4 is 28.3 Å². The van der Waals surface area contributed by atoms with Crippen LogP contribution in [0.15, 0.2) is 36.4 Å². The zero-order chi connectivity index (χ0) is 14.8. The molecule has 1 unspecified atom stereocenters. The van der Waals surface area contributed by atoms with Gasteiger partial charge in [0.2, 0.25) is 11.8 Å². The lowest BCUT2D eigenvalue weighted by Gasteiger charge is -2.22. The Labute approximate surface area is 122 Å². The lowest BCUT2D eigenvalue weighted by atomic mass is 10.0. The fourth-order valence-corrected chi connectivity index (χ4v) is 2.65. The van der Waals surface area contributed by atoms with Crippen molar-refractivity contribution < 1.29 is 14.7 Å². The quantitative estimate of drug-likeness (QED) is 0.790. The van der Waals surface area contributed by atoms with Crippen molar-refractivity contribution in [3.8, 4) is 5.75 Å². The first-order chi connectivity index (χ1) is 10.1. The first-order valence-corrected chi connectivity index (χ1v) is 6.96. The lowest BCUT2D eigenvalue weighted by molar-refractivity contribution is -0.128. The predicted molar refractivity (Wildman–Crippen MR) is 80.0 cm³/mol. The number of phenolic OH excluding ortho intramolecular Hbond substituents is 1. The maximum absolute atomic E-state index is 12.3. The second kappa shape index (κ2) is 5.44. The number of piperidine rings is 1. The van der Waals surface area contributed by atoms with E-state index in [0.29, 0.717) is 30.3 Å². The summed E-state index contributed by atoms with van der Waals surface area (Å²) in [6.07, 6.45) is 1.82. The fraction of sp³-hybridized carbons (Fsp3) is 0.250. The Balaban J connectivity index is 1.88. The molecule has 0 radical (unpaired) electrons. The van der Waals surface area contributed by atoms with Crippen LogP contribution in [0.5, 0.6) is 5.75 Å². The second-order valence-corrected chi connectivity index (χ2v) is 5.18. The summed E-state index contributed by atoms with van der Waals surface area (Å²) in [7, 11) is 0. The third-order valence-corrected chi connectivity index (χ3v) is 3.69. The molecule has 3 N–H and O–H groups in total. The predicted octanol–water partition coefficient (Wildman–Crippen LogP) is 2.15. The first kappa shape index (κ1) is 13.4. The number of carbonyl (C=O) groups excluding carboxylic acids is 2. The van der Waals surface area contributed by atoms with Crippen LogP contribution in [0, 0.1) is 0 Å². The average molecular weight is 284 g/mol. The van der Waals surface area contributed by atoms with Crippen LogP contribution in [0.1, 0.15) is 19.3 Å². The zero-order valence-electron chi connectivity index (χ0n) is 11.4. The topological polar surface area (TPSA) is 78.4 Å². The maximum Gasteiger partial charge on any atom is 0.246 e. The molecule has 2 aromatic rings. The molecule has 0 aromatic heterocycles. The van der Waals surface area contributed by atoms with Gasteiger partial charge in [0, 0.05) is 11.8 Å². The Bertz CT molecular complexity index is 706. The van der Waals surface area contributed by atoms with Crippen LogP contribution in [-0.4, -0.2) is 23.0 Å². The molecular weight excluding hydrogens is 268 g/mol. The molecule has 2 aromatic carbocycles. The van der Waals surface area contributed by atoms with Crippen LogP contribution >= 0.6 is 0 Å². The number of hydrogen-bond donors (Lipinski definition) is 3. The molecule has 2 amide bonds.